The van der Waals surface area contributed by atoms with E-state index in [2.05, 4.69) is 4.98 Å². The molecule has 2 rings (SSSR count). The van der Waals surface area contributed by atoms with Crippen LogP contribution < -0.4 is 10.6 Å². The Balaban J connectivity index is 2.26. The Bertz CT molecular complexity index is 597. The highest BCUT2D eigenvalue weighted by Gasteiger charge is 2.31. The van der Waals surface area contributed by atoms with Crippen LogP contribution in [0.2, 0.25) is 0 Å². The van der Waals surface area contributed by atoms with Gasteiger partial charge < -0.3 is 10.6 Å². The molecule has 0 amide bonds. The number of hydrogen-bond acceptors (Lipinski definition) is 3. The van der Waals surface area contributed by atoms with Gasteiger partial charge in [-0.15, -0.1) is 0 Å². The van der Waals surface area contributed by atoms with E-state index in [0.29, 0.717) is 18.8 Å². The molecule has 1 heterocycles. The van der Waals surface area contributed by atoms with Gasteiger partial charge in [0.25, 0.3) is 0 Å². The van der Waals surface area contributed by atoms with Crippen molar-refractivity contribution in [3.05, 3.63) is 53.9 Å². The maximum absolute atomic E-state index is 12.7. The van der Waals surface area contributed by atoms with Gasteiger partial charge in [-0.3, -0.25) is 4.98 Å². The number of nitrogen functional groups attached to an aromatic ring is 1. The van der Waals surface area contributed by atoms with Gasteiger partial charge >= 0.3 is 6.18 Å². The van der Waals surface area contributed by atoms with E-state index >= 15 is 0 Å². The first-order valence-corrected chi connectivity index (χ1v) is 6.53. The Labute approximate surface area is 121 Å². The molecule has 0 fully saturated rings. The minimum atomic E-state index is -4.38. The summed E-state index contributed by atoms with van der Waals surface area (Å²) in [4.78, 5) is 6.10. The molecule has 112 valence electrons. The van der Waals surface area contributed by atoms with Crippen molar-refractivity contribution in [2.75, 3.05) is 17.2 Å². The fourth-order valence-electron chi connectivity index (χ4n) is 2.07. The fourth-order valence-corrected chi connectivity index (χ4v) is 2.07. The predicted octanol–water partition coefficient (Wildman–Crippen LogP) is 3.71. The van der Waals surface area contributed by atoms with Crippen molar-refractivity contribution in [2.45, 2.75) is 19.6 Å². The minimum absolute atomic E-state index is 0.114. The fraction of sp³-hybridized carbons (Fsp3) is 0.267. The first kappa shape index (κ1) is 15.2. The molecule has 0 atom stereocenters. The molecule has 0 bridgehead atoms. The van der Waals surface area contributed by atoms with E-state index in [0.717, 1.165) is 17.8 Å². The average Bonchev–Trinajstić information content (AvgIpc) is 2.45. The summed E-state index contributed by atoms with van der Waals surface area (Å²) in [5.74, 6) is 0. The second kappa shape index (κ2) is 6.03. The smallest absolute Gasteiger partial charge is 0.397 e. The lowest BCUT2D eigenvalue weighted by Gasteiger charge is -2.25. The zero-order valence-corrected chi connectivity index (χ0v) is 11.6. The zero-order valence-electron chi connectivity index (χ0n) is 11.6. The molecular formula is C15H16F3N3. The van der Waals surface area contributed by atoms with Crippen molar-refractivity contribution >= 4 is 11.4 Å². The van der Waals surface area contributed by atoms with Gasteiger partial charge in [0.05, 0.1) is 29.2 Å². The first-order chi connectivity index (χ1) is 9.91. The van der Waals surface area contributed by atoms with E-state index in [1.165, 1.54) is 6.07 Å². The van der Waals surface area contributed by atoms with Crippen molar-refractivity contribution in [1.82, 2.24) is 4.98 Å². The molecule has 2 aromatic rings. The van der Waals surface area contributed by atoms with Crippen LogP contribution >= 0.6 is 0 Å². The Morgan fingerprint density at radius 2 is 1.95 bits per heavy atom. The number of aromatic nitrogens is 1. The van der Waals surface area contributed by atoms with E-state index in [1.54, 1.807) is 6.20 Å². The van der Waals surface area contributed by atoms with E-state index < -0.39 is 11.7 Å². The Morgan fingerprint density at radius 1 is 1.19 bits per heavy atom. The normalized spacial score (nSPS) is 11.4. The maximum atomic E-state index is 12.7. The average molecular weight is 295 g/mol. The number of nitrogens with two attached hydrogens (primary N) is 1. The first-order valence-electron chi connectivity index (χ1n) is 6.53. The Morgan fingerprint density at radius 3 is 2.48 bits per heavy atom. The van der Waals surface area contributed by atoms with E-state index in [9.17, 15) is 13.2 Å². The van der Waals surface area contributed by atoms with Crippen molar-refractivity contribution in [2.24, 2.45) is 0 Å². The van der Waals surface area contributed by atoms with Crippen molar-refractivity contribution in [3.8, 4) is 0 Å². The molecule has 0 saturated carbocycles. The molecule has 0 aliphatic rings. The van der Waals surface area contributed by atoms with Gasteiger partial charge in [0.15, 0.2) is 0 Å². The molecule has 21 heavy (non-hydrogen) atoms. The molecule has 1 aromatic heterocycles. The van der Waals surface area contributed by atoms with Gasteiger partial charge in [0.1, 0.15) is 0 Å². The third-order valence-electron chi connectivity index (χ3n) is 3.16. The van der Waals surface area contributed by atoms with Crippen LogP contribution in [-0.4, -0.2) is 11.5 Å². The van der Waals surface area contributed by atoms with Crippen molar-refractivity contribution in [3.63, 3.8) is 0 Å². The third-order valence-corrected chi connectivity index (χ3v) is 3.16. The predicted molar refractivity (Wildman–Crippen MR) is 76.8 cm³/mol. The summed E-state index contributed by atoms with van der Waals surface area (Å²) in [6, 6.07) is 8.97. The van der Waals surface area contributed by atoms with E-state index in [-0.39, 0.29) is 5.69 Å². The number of anilines is 2. The highest BCUT2D eigenvalue weighted by Crippen LogP contribution is 2.34. The molecule has 2 N–H and O–H groups in total. The second-order valence-electron chi connectivity index (χ2n) is 4.61. The Hall–Kier alpha value is -2.24. The second-order valence-corrected chi connectivity index (χ2v) is 4.61. The number of hydrogen-bond donors (Lipinski definition) is 1. The summed E-state index contributed by atoms with van der Waals surface area (Å²) in [5, 5.41) is 0. The highest BCUT2D eigenvalue weighted by molar-refractivity contribution is 5.68. The molecule has 0 saturated heterocycles. The van der Waals surface area contributed by atoms with Gasteiger partial charge in [0, 0.05) is 12.7 Å². The van der Waals surface area contributed by atoms with Crippen LogP contribution in [0, 0.1) is 0 Å². The van der Waals surface area contributed by atoms with Crippen LogP contribution in [0.4, 0.5) is 24.5 Å². The van der Waals surface area contributed by atoms with Crippen LogP contribution in [0.5, 0.6) is 0 Å². The van der Waals surface area contributed by atoms with Crippen molar-refractivity contribution in [1.29, 1.82) is 0 Å². The summed E-state index contributed by atoms with van der Waals surface area (Å²) in [5.41, 5.74) is 6.57. The standard InChI is InChI=1S/C15H16F3N3/c1-2-21(10-12-5-3-4-8-20-12)14-7-6-11(9-13(14)19)15(16,17)18/h3-9H,2,10,19H2,1H3. The molecule has 0 radical (unpaired) electrons. The van der Waals surface area contributed by atoms with Crippen LogP contribution in [0.25, 0.3) is 0 Å². The molecule has 6 heteroatoms. The summed E-state index contributed by atoms with van der Waals surface area (Å²) < 4.78 is 38.0. The van der Waals surface area contributed by atoms with E-state index in [1.807, 2.05) is 30.0 Å². The highest BCUT2D eigenvalue weighted by atomic mass is 19.4. The summed E-state index contributed by atoms with van der Waals surface area (Å²) in [6.45, 7) is 3.03. The van der Waals surface area contributed by atoms with Gasteiger partial charge in [-0.25, -0.2) is 0 Å². The van der Waals surface area contributed by atoms with Gasteiger partial charge in [-0.1, -0.05) is 6.07 Å². The monoisotopic (exact) mass is 295 g/mol. The van der Waals surface area contributed by atoms with Crippen LogP contribution in [0.15, 0.2) is 42.6 Å². The number of benzene rings is 1. The van der Waals surface area contributed by atoms with E-state index in [4.69, 9.17) is 5.73 Å². The lowest BCUT2D eigenvalue weighted by molar-refractivity contribution is -0.137. The molecule has 0 unspecified atom stereocenters. The largest absolute Gasteiger partial charge is 0.416 e. The molecule has 0 aliphatic heterocycles. The minimum Gasteiger partial charge on any atom is -0.397 e. The van der Waals surface area contributed by atoms with Crippen LogP contribution in [0.3, 0.4) is 0 Å². The molecule has 0 aliphatic carbocycles. The summed E-state index contributed by atoms with van der Waals surface area (Å²) in [7, 11) is 0. The van der Waals surface area contributed by atoms with Gasteiger partial charge in [-0.05, 0) is 37.3 Å². The third kappa shape index (κ3) is 3.65. The topological polar surface area (TPSA) is 42.2 Å². The molecule has 0 spiro atoms. The van der Waals surface area contributed by atoms with Crippen molar-refractivity contribution < 1.29 is 13.2 Å². The molecule has 1 aromatic carbocycles. The molecular weight excluding hydrogens is 279 g/mol. The molecule has 3 nitrogen and oxygen atoms in total. The Kier molecular flexibility index (Phi) is 4.35. The lowest BCUT2D eigenvalue weighted by Crippen LogP contribution is -2.24. The summed E-state index contributed by atoms with van der Waals surface area (Å²) in [6.07, 6.45) is -2.70. The van der Waals surface area contributed by atoms with Gasteiger partial charge in [0.2, 0.25) is 0 Å². The number of rotatable bonds is 4. The van der Waals surface area contributed by atoms with Crippen LogP contribution in [-0.2, 0) is 12.7 Å². The SMILES string of the molecule is CCN(Cc1ccccn1)c1ccc(C(F)(F)F)cc1N. The van der Waals surface area contributed by atoms with Gasteiger partial charge in [-0.2, -0.15) is 13.2 Å². The number of pyridine rings is 1. The maximum Gasteiger partial charge on any atom is 0.416 e. The zero-order chi connectivity index (χ0) is 15.5. The lowest BCUT2D eigenvalue weighted by atomic mass is 10.1. The number of halogens is 3. The quantitative estimate of drug-likeness (QED) is 0.874. The summed E-state index contributed by atoms with van der Waals surface area (Å²) >= 11 is 0. The number of nitrogens with zero attached hydrogens (tertiary/aromatic N) is 2. The number of alkyl halides is 3. The van der Waals surface area contributed by atoms with Crippen LogP contribution in [0.1, 0.15) is 18.2 Å².